The number of carbonyl (C=O) groups is 1. The Balaban J connectivity index is 1.48. The molecule has 0 amide bonds. The van der Waals surface area contributed by atoms with Crippen LogP contribution in [0.2, 0.25) is 0 Å². The first-order valence-electron chi connectivity index (χ1n) is 10.5. The molecule has 1 saturated heterocycles. The predicted octanol–water partition coefficient (Wildman–Crippen LogP) is 3.63. The molecule has 1 aliphatic rings. The molecule has 3 rings (SSSR count). The number of benzene rings is 2. The lowest BCUT2D eigenvalue weighted by molar-refractivity contribution is 0.0835. The largest absolute Gasteiger partial charge is 0.328 e. The summed E-state index contributed by atoms with van der Waals surface area (Å²) in [6.07, 6.45) is 4.69. The van der Waals surface area contributed by atoms with Gasteiger partial charge in [0.05, 0.1) is 12.3 Å². The average Bonchev–Trinajstić information content (AvgIpc) is 2.79. The Hall–Kier alpha value is -2.54. The van der Waals surface area contributed by atoms with Gasteiger partial charge in [-0.2, -0.15) is 0 Å². The van der Waals surface area contributed by atoms with Crippen LogP contribution in [0.4, 0.5) is 4.39 Å². The van der Waals surface area contributed by atoms with E-state index in [0.29, 0.717) is 18.7 Å². The highest BCUT2D eigenvalue weighted by atomic mass is 19.1. The van der Waals surface area contributed by atoms with Gasteiger partial charge in [-0.1, -0.05) is 36.4 Å². The monoisotopic (exact) mass is 411 g/mol. The van der Waals surface area contributed by atoms with Gasteiger partial charge in [0.15, 0.2) is 5.78 Å². The van der Waals surface area contributed by atoms with E-state index in [-0.39, 0.29) is 17.5 Å². The van der Waals surface area contributed by atoms with Crippen LogP contribution in [0.5, 0.6) is 0 Å². The summed E-state index contributed by atoms with van der Waals surface area (Å²) in [6, 6.07) is 15.9. The van der Waals surface area contributed by atoms with Gasteiger partial charge < -0.3 is 10.6 Å². The number of nitrogens with two attached hydrogens (primary N) is 1. The van der Waals surface area contributed by atoms with E-state index in [1.165, 1.54) is 12.1 Å². The fourth-order valence-electron chi connectivity index (χ4n) is 3.68. The number of Topliss-reactive ketones (excluding diaryl/α,β-unsaturated/α-hetero) is 1. The number of nitrogens with zero attached hydrogens (tertiary/aromatic N) is 1. The van der Waals surface area contributed by atoms with E-state index >= 15 is 0 Å². The van der Waals surface area contributed by atoms with Gasteiger partial charge in [-0.25, -0.2) is 4.39 Å². The van der Waals surface area contributed by atoms with E-state index in [1.54, 1.807) is 12.1 Å². The van der Waals surface area contributed by atoms with Crippen LogP contribution in [-0.2, 0) is 4.84 Å². The van der Waals surface area contributed by atoms with E-state index in [4.69, 9.17) is 10.6 Å². The molecule has 0 bridgehead atoms. The van der Waals surface area contributed by atoms with E-state index in [2.05, 4.69) is 16.5 Å². The van der Waals surface area contributed by atoms with Crippen LogP contribution in [0, 0.1) is 11.7 Å². The number of hydroxylamine groups is 1. The average molecular weight is 412 g/mol. The summed E-state index contributed by atoms with van der Waals surface area (Å²) in [4.78, 5) is 20.4. The van der Waals surface area contributed by atoms with Gasteiger partial charge in [-0.3, -0.25) is 15.1 Å². The summed E-state index contributed by atoms with van der Waals surface area (Å²) in [7, 11) is 0. The van der Waals surface area contributed by atoms with Crippen molar-refractivity contribution in [2.24, 2.45) is 11.7 Å². The third-order valence-corrected chi connectivity index (χ3v) is 5.37. The minimum Gasteiger partial charge on any atom is -0.328 e. The van der Waals surface area contributed by atoms with E-state index < -0.39 is 0 Å². The molecule has 1 heterocycles. The smallest absolute Gasteiger partial charge is 0.166 e. The van der Waals surface area contributed by atoms with Gasteiger partial charge in [-0.15, -0.1) is 0 Å². The quantitative estimate of drug-likeness (QED) is 0.355. The van der Waals surface area contributed by atoms with Crippen molar-refractivity contribution >= 4 is 11.5 Å². The Morgan fingerprint density at radius 2 is 1.80 bits per heavy atom. The molecule has 0 radical (unpaired) electrons. The molecule has 6 heteroatoms. The number of halogens is 1. The van der Waals surface area contributed by atoms with E-state index in [0.717, 1.165) is 50.2 Å². The Morgan fingerprint density at radius 1 is 1.10 bits per heavy atom. The Labute approximate surface area is 177 Å². The SMILES string of the molecule is NCCONC(=CCCN1CCC(C(=O)c2ccc(F)cc2)CC1)c1ccccc1. The van der Waals surface area contributed by atoms with Crippen molar-refractivity contribution in [1.82, 2.24) is 10.4 Å². The number of likely N-dealkylation sites (tertiary alicyclic amines) is 1. The molecule has 0 saturated carbocycles. The Bertz CT molecular complexity index is 816. The van der Waals surface area contributed by atoms with Crippen molar-refractivity contribution in [2.75, 3.05) is 32.8 Å². The van der Waals surface area contributed by atoms with Crippen LogP contribution in [0.15, 0.2) is 60.7 Å². The number of nitrogens with one attached hydrogen (secondary N) is 1. The number of hydrogen-bond donors (Lipinski definition) is 2. The molecular weight excluding hydrogens is 381 g/mol. The standard InChI is InChI=1S/C24H30FN3O2/c25-22-10-8-20(9-11-22)24(29)21-12-16-28(17-13-21)15-4-7-23(27-30-18-14-26)19-5-2-1-3-6-19/h1-3,5-11,21,27H,4,12-18,26H2. The molecule has 1 fully saturated rings. The zero-order valence-electron chi connectivity index (χ0n) is 17.2. The van der Waals surface area contributed by atoms with Crippen LogP contribution in [0.3, 0.4) is 0 Å². The van der Waals surface area contributed by atoms with Gasteiger partial charge in [0.1, 0.15) is 5.82 Å². The summed E-state index contributed by atoms with van der Waals surface area (Å²) in [5.41, 5.74) is 11.1. The first-order chi connectivity index (χ1) is 14.7. The number of piperidine rings is 1. The highest BCUT2D eigenvalue weighted by molar-refractivity contribution is 5.97. The predicted molar refractivity (Wildman–Crippen MR) is 117 cm³/mol. The maximum Gasteiger partial charge on any atom is 0.166 e. The topological polar surface area (TPSA) is 67.6 Å². The zero-order chi connectivity index (χ0) is 21.2. The summed E-state index contributed by atoms with van der Waals surface area (Å²) >= 11 is 0. The second-order valence-electron chi connectivity index (χ2n) is 7.50. The molecule has 0 atom stereocenters. The van der Waals surface area contributed by atoms with Crippen molar-refractivity contribution < 1.29 is 14.0 Å². The Morgan fingerprint density at radius 3 is 2.47 bits per heavy atom. The maximum absolute atomic E-state index is 13.1. The number of rotatable bonds is 10. The summed E-state index contributed by atoms with van der Waals surface area (Å²) in [5, 5.41) is 0. The second-order valence-corrected chi connectivity index (χ2v) is 7.50. The van der Waals surface area contributed by atoms with Gasteiger partial charge in [0.2, 0.25) is 0 Å². The fourth-order valence-corrected chi connectivity index (χ4v) is 3.68. The lowest BCUT2D eigenvalue weighted by atomic mass is 9.89. The number of hydrogen-bond acceptors (Lipinski definition) is 5. The molecule has 0 unspecified atom stereocenters. The molecule has 3 N–H and O–H groups in total. The molecule has 5 nitrogen and oxygen atoms in total. The normalized spacial score (nSPS) is 15.9. The third-order valence-electron chi connectivity index (χ3n) is 5.37. The summed E-state index contributed by atoms with van der Waals surface area (Å²) < 4.78 is 13.1. The molecule has 2 aromatic carbocycles. The van der Waals surface area contributed by atoms with Crippen molar-refractivity contribution in [3.8, 4) is 0 Å². The van der Waals surface area contributed by atoms with Crippen molar-refractivity contribution in [3.63, 3.8) is 0 Å². The van der Waals surface area contributed by atoms with Crippen molar-refractivity contribution in [1.29, 1.82) is 0 Å². The highest BCUT2D eigenvalue weighted by Crippen LogP contribution is 2.22. The molecule has 1 aliphatic heterocycles. The molecule has 160 valence electrons. The molecule has 0 aliphatic carbocycles. The van der Waals surface area contributed by atoms with Crippen molar-refractivity contribution in [3.05, 3.63) is 77.6 Å². The first kappa shape index (κ1) is 22.2. The van der Waals surface area contributed by atoms with Crippen LogP contribution < -0.4 is 11.2 Å². The Kier molecular flexibility index (Phi) is 8.56. The summed E-state index contributed by atoms with van der Waals surface area (Å²) in [6.45, 7) is 3.61. The van der Waals surface area contributed by atoms with Gasteiger partial charge >= 0.3 is 0 Å². The molecule has 0 spiro atoms. The van der Waals surface area contributed by atoms with Crippen LogP contribution in [-0.4, -0.2) is 43.5 Å². The van der Waals surface area contributed by atoms with E-state index in [1.807, 2.05) is 30.3 Å². The minimum atomic E-state index is -0.313. The number of ketones is 1. The maximum atomic E-state index is 13.1. The molecule has 2 aromatic rings. The first-order valence-corrected chi connectivity index (χ1v) is 10.5. The third kappa shape index (κ3) is 6.49. The lowest BCUT2D eigenvalue weighted by Crippen LogP contribution is -2.36. The van der Waals surface area contributed by atoms with Gasteiger partial charge in [0.25, 0.3) is 0 Å². The van der Waals surface area contributed by atoms with Crippen LogP contribution in [0.25, 0.3) is 5.70 Å². The van der Waals surface area contributed by atoms with Crippen molar-refractivity contribution in [2.45, 2.75) is 19.3 Å². The summed E-state index contributed by atoms with van der Waals surface area (Å²) in [5.74, 6) is -0.164. The minimum absolute atomic E-state index is 0.0217. The van der Waals surface area contributed by atoms with E-state index in [9.17, 15) is 9.18 Å². The number of carbonyl (C=O) groups excluding carboxylic acids is 1. The zero-order valence-corrected chi connectivity index (χ0v) is 17.2. The molecule has 0 aromatic heterocycles. The fraction of sp³-hybridized carbons (Fsp3) is 0.375. The highest BCUT2D eigenvalue weighted by Gasteiger charge is 2.25. The van der Waals surface area contributed by atoms with Gasteiger partial charge in [-0.05, 0) is 62.2 Å². The van der Waals surface area contributed by atoms with Crippen LogP contribution in [0.1, 0.15) is 35.2 Å². The lowest BCUT2D eigenvalue weighted by Gasteiger charge is -2.31. The molecule has 30 heavy (non-hydrogen) atoms. The van der Waals surface area contributed by atoms with Crippen LogP contribution >= 0.6 is 0 Å². The van der Waals surface area contributed by atoms with Gasteiger partial charge in [0, 0.05) is 24.6 Å². The second kappa shape index (κ2) is 11.6. The molecular formula is C24H30FN3O2.